The van der Waals surface area contributed by atoms with Gasteiger partial charge in [-0.25, -0.2) is 0 Å². The summed E-state index contributed by atoms with van der Waals surface area (Å²) in [5.74, 6) is 1.13. The Kier molecular flexibility index (Phi) is 10.4. The fraction of sp³-hybridized carbons (Fsp3) is 0.500. The molecule has 0 aliphatic rings. The molecule has 0 spiro atoms. The summed E-state index contributed by atoms with van der Waals surface area (Å²) in [5, 5.41) is 5.76. The summed E-state index contributed by atoms with van der Waals surface area (Å²) in [6.45, 7) is 3.91. The lowest BCUT2D eigenvalue weighted by atomic mass is 10.2. The van der Waals surface area contributed by atoms with Crippen LogP contribution in [0.3, 0.4) is 0 Å². The van der Waals surface area contributed by atoms with Crippen molar-refractivity contribution in [3.8, 4) is 11.5 Å². The van der Waals surface area contributed by atoms with Crippen molar-refractivity contribution >= 4 is 24.0 Å². The quantitative estimate of drug-likeness (QED) is 0.678. The predicted octanol–water partition coefficient (Wildman–Crippen LogP) is 1.69. The Morgan fingerprint density at radius 2 is 2.00 bits per heavy atom. The van der Waals surface area contributed by atoms with E-state index in [0.717, 1.165) is 0 Å². The molecule has 0 aliphatic carbocycles. The molecule has 120 valence electrons. The van der Waals surface area contributed by atoms with Gasteiger partial charge in [-0.3, -0.25) is 4.79 Å². The molecule has 0 saturated carbocycles. The number of methoxy groups -OCH3 is 2. The van der Waals surface area contributed by atoms with E-state index in [1.54, 1.807) is 32.4 Å². The average Bonchev–Trinajstić information content (AvgIpc) is 2.45. The second-order valence-electron chi connectivity index (χ2n) is 4.02. The van der Waals surface area contributed by atoms with Gasteiger partial charge in [0.15, 0.2) is 11.5 Å². The molecule has 7 heteroatoms. The monoisotopic (exact) mass is 318 g/mol. The first kappa shape index (κ1) is 19.5. The second-order valence-corrected chi connectivity index (χ2v) is 4.02. The summed E-state index contributed by atoms with van der Waals surface area (Å²) < 4.78 is 15.5. The Morgan fingerprint density at radius 3 is 2.62 bits per heavy atom. The molecule has 1 aromatic rings. The average molecular weight is 319 g/mol. The molecule has 0 radical (unpaired) electrons. The molecule has 0 heterocycles. The third-order valence-corrected chi connectivity index (χ3v) is 2.52. The van der Waals surface area contributed by atoms with Crippen molar-refractivity contribution in [3.63, 3.8) is 0 Å². The molecule has 2 N–H and O–H groups in total. The topological polar surface area (TPSA) is 68.8 Å². The molecule has 0 atom stereocenters. The number of hydrogen-bond acceptors (Lipinski definition) is 5. The van der Waals surface area contributed by atoms with Crippen molar-refractivity contribution in [2.45, 2.75) is 6.92 Å². The van der Waals surface area contributed by atoms with Gasteiger partial charge in [0.05, 0.1) is 26.9 Å². The number of amides is 1. The van der Waals surface area contributed by atoms with Gasteiger partial charge in [-0.2, -0.15) is 0 Å². The van der Waals surface area contributed by atoms with Crippen molar-refractivity contribution in [2.75, 3.05) is 45.8 Å². The van der Waals surface area contributed by atoms with Gasteiger partial charge in [0.2, 0.25) is 5.91 Å². The van der Waals surface area contributed by atoms with Crippen LogP contribution in [0.1, 0.15) is 6.92 Å². The summed E-state index contributed by atoms with van der Waals surface area (Å²) in [4.78, 5) is 11.7. The molecule has 0 unspecified atom stereocenters. The van der Waals surface area contributed by atoms with E-state index in [-0.39, 0.29) is 24.9 Å². The maximum absolute atomic E-state index is 11.7. The number of anilines is 1. The van der Waals surface area contributed by atoms with Crippen LogP contribution in [-0.4, -0.2) is 46.4 Å². The zero-order chi connectivity index (χ0) is 14.8. The van der Waals surface area contributed by atoms with Crippen LogP contribution < -0.4 is 20.1 Å². The largest absolute Gasteiger partial charge is 0.493 e. The van der Waals surface area contributed by atoms with Gasteiger partial charge >= 0.3 is 0 Å². The van der Waals surface area contributed by atoms with E-state index in [2.05, 4.69) is 10.6 Å². The van der Waals surface area contributed by atoms with E-state index in [1.165, 1.54) is 0 Å². The minimum Gasteiger partial charge on any atom is -0.493 e. The molecule has 0 aliphatic heterocycles. The standard InChI is InChI=1S/C14H22N2O4.ClH/c1-4-20-12-6-5-11(9-13(12)19-3)16-14(17)10-15-7-8-18-2;/h5-6,9,15H,4,7-8,10H2,1-3H3,(H,16,17);1H. The number of halogens is 1. The smallest absolute Gasteiger partial charge is 0.238 e. The maximum atomic E-state index is 11.7. The second kappa shape index (κ2) is 11.2. The van der Waals surface area contributed by atoms with Gasteiger partial charge in [-0.1, -0.05) is 0 Å². The molecule has 6 nitrogen and oxygen atoms in total. The van der Waals surface area contributed by atoms with Crippen LogP contribution in [0.2, 0.25) is 0 Å². The Balaban J connectivity index is 0.00000400. The van der Waals surface area contributed by atoms with Crippen LogP contribution in [0.4, 0.5) is 5.69 Å². The normalized spacial score (nSPS) is 9.67. The highest BCUT2D eigenvalue weighted by atomic mass is 35.5. The Hall–Kier alpha value is -1.50. The molecule has 0 bridgehead atoms. The van der Waals surface area contributed by atoms with Crippen LogP contribution in [-0.2, 0) is 9.53 Å². The lowest BCUT2D eigenvalue weighted by Crippen LogP contribution is -2.30. The third kappa shape index (κ3) is 7.17. The number of hydrogen-bond donors (Lipinski definition) is 2. The SMILES string of the molecule is CCOc1ccc(NC(=O)CNCCOC)cc1OC.Cl. The first-order valence-electron chi connectivity index (χ1n) is 6.51. The van der Waals surface area contributed by atoms with E-state index >= 15 is 0 Å². The van der Waals surface area contributed by atoms with Crippen LogP contribution in [0, 0.1) is 0 Å². The van der Waals surface area contributed by atoms with Crippen LogP contribution >= 0.6 is 12.4 Å². The lowest BCUT2D eigenvalue weighted by molar-refractivity contribution is -0.115. The summed E-state index contributed by atoms with van der Waals surface area (Å²) >= 11 is 0. The van der Waals surface area contributed by atoms with E-state index in [1.807, 2.05) is 6.92 Å². The minimum absolute atomic E-state index is 0. The van der Waals surface area contributed by atoms with Gasteiger partial charge < -0.3 is 24.8 Å². The summed E-state index contributed by atoms with van der Waals surface area (Å²) in [6, 6.07) is 5.29. The molecule has 0 saturated heterocycles. The molecule has 1 rings (SSSR count). The molecule has 1 aromatic carbocycles. The highest BCUT2D eigenvalue weighted by Gasteiger charge is 2.07. The molecule has 0 fully saturated rings. The van der Waals surface area contributed by atoms with Crippen molar-refractivity contribution < 1.29 is 19.0 Å². The zero-order valence-electron chi connectivity index (χ0n) is 12.6. The van der Waals surface area contributed by atoms with Crippen LogP contribution in [0.5, 0.6) is 11.5 Å². The van der Waals surface area contributed by atoms with E-state index < -0.39 is 0 Å². The van der Waals surface area contributed by atoms with Crippen molar-refractivity contribution in [2.24, 2.45) is 0 Å². The Morgan fingerprint density at radius 1 is 1.24 bits per heavy atom. The van der Waals surface area contributed by atoms with Crippen LogP contribution in [0.25, 0.3) is 0 Å². The van der Waals surface area contributed by atoms with Crippen molar-refractivity contribution in [3.05, 3.63) is 18.2 Å². The fourth-order valence-corrected chi connectivity index (χ4v) is 1.60. The number of ether oxygens (including phenoxy) is 3. The number of rotatable bonds is 9. The number of nitrogens with one attached hydrogen (secondary N) is 2. The summed E-state index contributed by atoms with van der Waals surface area (Å²) in [6.07, 6.45) is 0. The predicted molar refractivity (Wildman–Crippen MR) is 84.8 cm³/mol. The van der Waals surface area contributed by atoms with Crippen molar-refractivity contribution in [1.82, 2.24) is 5.32 Å². The van der Waals surface area contributed by atoms with Gasteiger partial charge in [0.1, 0.15) is 0 Å². The fourth-order valence-electron chi connectivity index (χ4n) is 1.60. The Labute approximate surface area is 131 Å². The minimum atomic E-state index is -0.118. The first-order chi connectivity index (χ1) is 9.71. The van der Waals surface area contributed by atoms with Gasteiger partial charge in [0, 0.05) is 25.4 Å². The highest BCUT2D eigenvalue weighted by molar-refractivity contribution is 5.92. The first-order valence-corrected chi connectivity index (χ1v) is 6.51. The van der Waals surface area contributed by atoms with Gasteiger partial charge in [-0.05, 0) is 19.1 Å². The van der Waals surface area contributed by atoms with Crippen LogP contribution in [0.15, 0.2) is 18.2 Å². The maximum Gasteiger partial charge on any atom is 0.238 e. The van der Waals surface area contributed by atoms with E-state index in [9.17, 15) is 4.79 Å². The molecular weight excluding hydrogens is 296 g/mol. The van der Waals surface area contributed by atoms with E-state index in [0.29, 0.717) is 36.9 Å². The molecule has 21 heavy (non-hydrogen) atoms. The number of benzene rings is 1. The third-order valence-electron chi connectivity index (χ3n) is 2.52. The van der Waals surface area contributed by atoms with Crippen molar-refractivity contribution in [1.29, 1.82) is 0 Å². The highest BCUT2D eigenvalue weighted by Crippen LogP contribution is 2.30. The number of carbonyl (C=O) groups excluding carboxylic acids is 1. The molecule has 0 aromatic heterocycles. The lowest BCUT2D eigenvalue weighted by Gasteiger charge is -2.12. The molecular formula is C14H23ClN2O4. The summed E-state index contributed by atoms with van der Waals surface area (Å²) in [7, 11) is 3.18. The van der Waals surface area contributed by atoms with Gasteiger partial charge in [-0.15, -0.1) is 12.4 Å². The number of carbonyl (C=O) groups is 1. The van der Waals surface area contributed by atoms with E-state index in [4.69, 9.17) is 14.2 Å². The molecule has 1 amide bonds. The summed E-state index contributed by atoms with van der Waals surface area (Å²) in [5.41, 5.74) is 0.670. The zero-order valence-corrected chi connectivity index (χ0v) is 13.4. The Bertz CT molecular complexity index is 429. The van der Waals surface area contributed by atoms with Gasteiger partial charge in [0.25, 0.3) is 0 Å².